The first-order valence-electron chi connectivity index (χ1n) is 6.16. The number of aryl methyl sites for hydroxylation is 1. The van der Waals surface area contributed by atoms with Crippen LogP contribution in [0.15, 0.2) is 10.6 Å². The molecule has 1 aliphatic heterocycles. The van der Waals surface area contributed by atoms with Gasteiger partial charge in [-0.3, -0.25) is 4.79 Å². The summed E-state index contributed by atoms with van der Waals surface area (Å²) in [5.74, 6) is 0.981. The molecule has 0 aromatic carbocycles. The van der Waals surface area contributed by atoms with Crippen molar-refractivity contribution in [2.24, 2.45) is 0 Å². The van der Waals surface area contributed by atoms with Crippen LogP contribution in [0.2, 0.25) is 0 Å². The van der Waals surface area contributed by atoms with Crippen molar-refractivity contribution >= 4 is 5.91 Å². The topological polar surface area (TPSA) is 58.4 Å². The SMILES string of the molecule is Cc1cc(CNCC(=O)N2CCCCC2)no1. The van der Waals surface area contributed by atoms with Crippen LogP contribution in [0.1, 0.15) is 30.7 Å². The number of nitrogens with zero attached hydrogens (tertiary/aromatic N) is 2. The lowest BCUT2D eigenvalue weighted by molar-refractivity contribution is -0.131. The molecule has 1 fully saturated rings. The summed E-state index contributed by atoms with van der Waals surface area (Å²) in [6.45, 7) is 4.63. The normalized spacial score (nSPS) is 16.2. The minimum Gasteiger partial charge on any atom is -0.361 e. The number of carbonyl (C=O) groups excluding carboxylic acids is 1. The highest BCUT2D eigenvalue weighted by Gasteiger charge is 2.15. The molecule has 5 nitrogen and oxygen atoms in total. The average Bonchev–Trinajstić information content (AvgIpc) is 2.76. The van der Waals surface area contributed by atoms with Crippen molar-refractivity contribution in [3.63, 3.8) is 0 Å². The first kappa shape index (κ1) is 12.1. The minimum atomic E-state index is 0.185. The van der Waals surface area contributed by atoms with E-state index >= 15 is 0 Å². The molecule has 1 aliphatic rings. The Kier molecular flexibility index (Phi) is 4.14. The van der Waals surface area contributed by atoms with Gasteiger partial charge in [0.2, 0.25) is 5.91 Å². The van der Waals surface area contributed by atoms with Gasteiger partial charge in [-0.05, 0) is 26.2 Å². The summed E-state index contributed by atoms with van der Waals surface area (Å²) in [5.41, 5.74) is 0.842. The van der Waals surface area contributed by atoms with E-state index in [4.69, 9.17) is 4.52 Å². The Morgan fingerprint density at radius 2 is 2.24 bits per heavy atom. The van der Waals surface area contributed by atoms with E-state index in [1.54, 1.807) is 0 Å². The summed E-state index contributed by atoms with van der Waals surface area (Å²) in [6.07, 6.45) is 3.51. The monoisotopic (exact) mass is 237 g/mol. The molecule has 5 heteroatoms. The van der Waals surface area contributed by atoms with Crippen LogP contribution in [-0.4, -0.2) is 35.6 Å². The average molecular weight is 237 g/mol. The lowest BCUT2D eigenvalue weighted by Crippen LogP contribution is -2.40. The van der Waals surface area contributed by atoms with Crippen LogP contribution in [0.4, 0.5) is 0 Å². The van der Waals surface area contributed by atoms with Gasteiger partial charge in [0.25, 0.3) is 0 Å². The molecule has 1 aromatic rings. The Morgan fingerprint density at radius 3 is 2.88 bits per heavy atom. The maximum atomic E-state index is 11.8. The van der Waals surface area contributed by atoms with Crippen LogP contribution in [0.25, 0.3) is 0 Å². The molecule has 17 heavy (non-hydrogen) atoms. The van der Waals surface area contributed by atoms with Gasteiger partial charge in [0.1, 0.15) is 5.76 Å². The third-order valence-electron chi connectivity index (χ3n) is 2.97. The fourth-order valence-electron chi connectivity index (χ4n) is 2.05. The zero-order valence-corrected chi connectivity index (χ0v) is 10.2. The van der Waals surface area contributed by atoms with Crippen molar-refractivity contribution in [1.82, 2.24) is 15.4 Å². The lowest BCUT2D eigenvalue weighted by Gasteiger charge is -2.26. The van der Waals surface area contributed by atoms with Crippen molar-refractivity contribution in [3.05, 3.63) is 17.5 Å². The molecule has 0 aliphatic carbocycles. The number of carbonyl (C=O) groups is 1. The third-order valence-corrected chi connectivity index (χ3v) is 2.97. The summed E-state index contributed by atoms with van der Waals surface area (Å²) in [5, 5.41) is 6.96. The first-order valence-corrected chi connectivity index (χ1v) is 6.16. The zero-order chi connectivity index (χ0) is 12.1. The summed E-state index contributed by atoms with van der Waals surface area (Å²) < 4.78 is 4.95. The molecule has 0 saturated carbocycles. The van der Waals surface area contributed by atoms with E-state index in [9.17, 15) is 4.79 Å². The highest BCUT2D eigenvalue weighted by atomic mass is 16.5. The van der Waals surface area contributed by atoms with E-state index in [-0.39, 0.29) is 5.91 Å². The van der Waals surface area contributed by atoms with E-state index in [1.807, 2.05) is 17.9 Å². The molecule has 94 valence electrons. The smallest absolute Gasteiger partial charge is 0.236 e. The maximum Gasteiger partial charge on any atom is 0.236 e. The van der Waals surface area contributed by atoms with Gasteiger partial charge in [-0.1, -0.05) is 5.16 Å². The van der Waals surface area contributed by atoms with Gasteiger partial charge < -0.3 is 14.7 Å². The van der Waals surface area contributed by atoms with Crippen LogP contribution in [0.3, 0.4) is 0 Å². The van der Waals surface area contributed by atoms with Gasteiger partial charge in [0.15, 0.2) is 0 Å². The van der Waals surface area contributed by atoms with Crippen molar-refractivity contribution in [3.8, 4) is 0 Å². The largest absolute Gasteiger partial charge is 0.361 e. The molecule has 0 atom stereocenters. The van der Waals surface area contributed by atoms with Gasteiger partial charge in [0, 0.05) is 25.7 Å². The zero-order valence-electron chi connectivity index (χ0n) is 10.2. The summed E-state index contributed by atoms with van der Waals surface area (Å²) in [6, 6.07) is 1.87. The summed E-state index contributed by atoms with van der Waals surface area (Å²) in [7, 11) is 0. The summed E-state index contributed by atoms with van der Waals surface area (Å²) >= 11 is 0. The van der Waals surface area contributed by atoms with Crippen molar-refractivity contribution in [2.75, 3.05) is 19.6 Å². The molecule has 0 spiro atoms. The number of hydrogen-bond donors (Lipinski definition) is 1. The number of rotatable bonds is 4. The molecule has 1 saturated heterocycles. The Morgan fingerprint density at radius 1 is 1.47 bits per heavy atom. The van der Waals surface area contributed by atoms with Crippen LogP contribution < -0.4 is 5.32 Å². The summed E-state index contributed by atoms with van der Waals surface area (Å²) in [4.78, 5) is 13.7. The van der Waals surface area contributed by atoms with Gasteiger partial charge in [0.05, 0.1) is 12.2 Å². The Balaban J connectivity index is 1.69. The van der Waals surface area contributed by atoms with Crippen LogP contribution in [-0.2, 0) is 11.3 Å². The van der Waals surface area contributed by atoms with Crippen LogP contribution in [0, 0.1) is 6.92 Å². The Hall–Kier alpha value is -1.36. The lowest BCUT2D eigenvalue weighted by atomic mass is 10.1. The van der Waals surface area contributed by atoms with Gasteiger partial charge in [-0.15, -0.1) is 0 Å². The van der Waals surface area contributed by atoms with Crippen molar-refractivity contribution in [1.29, 1.82) is 0 Å². The van der Waals surface area contributed by atoms with Crippen LogP contribution >= 0.6 is 0 Å². The number of likely N-dealkylation sites (tertiary alicyclic amines) is 1. The standard InChI is InChI=1S/C12H19N3O2/c1-10-7-11(14-17-10)8-13-9-12(16)15-5-3-2-4-6-15/h7,13H,2-6,8-9H2,1H3. The number of hydrogen-bond acceptors (Lipinski definition) is 4. The number of piperidine rings is 1. The van der Waals surface area contributed by atoms with Gasteiger partial charge in [-0.2, -0.15) is 0 Å². The molecule has 2 heterocycles. The molecule has 1 N–H and O–H groups in total. The van der Waals surface area contributed by atoms with Crippen molar-refractivity contribution in [2.45, 2.75) is 32.7 Å². The third kappa shape index (κ3) is 3.56. The predicted molar refractivity (Wildman–Crippen MR) is 63.4 cm³/mol. The van der Waals surface area contributed by atoms with Crippen LogP contribution in [0.5, 0.6) is 0 Å². The molecule has 1 aromatic heterocycles. The second kappa shape index (κ2) is 5.82. The fourth-order valence-corrected chi connectivity index (χ4v) is 2.05. The van der Waals surface area contributed by atoms with E-state index in [1.165, 1.54) is 6.42 Å². The van der Waals surface area contributed by atoms with Crippen molar-refractivity contribution < 1.29 is 9.32 Å². The molecular formula is C12H19N3O2. The first-order chi connectivity index (χ1) is 8.25. The molecule has 1 amide bonds. The number of aromatic nitrogens is 1. The highest BCUT2D eigenvalue weighted by molar-refractivity contribution is 5.78. The van der Waals surface area contributed by atoms with E-state index in [0.717, 1.165) is 37.4 Å². The number of nitrogens with one attached hydrogen (secondary N) is 1. The van der Waals surface area contributed by atoms with E-state index < -0.39 is 0 Å². The van der Waals surface area contributed by atoms with Gasteiger partial charge >= 0.3 is 0 Å². The maximum absolute atomic E-state index is 11.8. The molecule has 0 unspecified atom stereocenters. The van der Waals surface area contributed by atoms with Gasteiger partial charge in [-0.25, -0.2) is 0 Å². The highest BCUT2D eigenvalue weighted by Crippen LogP contribution is 2.08. The molecule has 2 rings (SSSR count). The minimum absolute atomic E-state index is 0.185. The second-order valence-corrected chi connectivity index (χ2v) is 4.47. The second-order valence-electron chi connectivity index (χ2n) is 4.47. The number of amides is 1. The Bertz CT molecular complexity index is 370. The predicted octanol–water partition coefficient (Wildman–Crippen LogP) is 1.09. The quantitative estimate of drug-likeness (QED) is 0.851. The van der Waals surface area contributed by atoms with E-state index in [2.05, 4.69) is 10.5 Å². The molecular weight excluding hydrogens is 218 g/mol. The molecule has 0 radical (unpaired) electrons. The molecule has 0 bridgehead atoms. The Labute approximate surface area is 101 Å². The fraction of sp³-hybridized carbons (Fsp3) is 0.667. The van der Waals surface area contributed by atoms with E-state index in [0.29, 0.717) is 13.1 Å².